The largest absolute Gasteiger partial charge is 0.481 e. The molecule has 2 rings (SSSR count). The molecule has 0 aromatic carbocycles. The summed E-state index contributed by atoms with van der Waals surface area (Å²) in [6.45, 7) is 0. The van der Waals surface area contributed by atoms with Gasteiger partial charge in [-0.3, -0.25) is 14.0 Å². The molecule has 6 heteroatoms. The van der Waals surface area contributed by atoms with Crippen LogP contribution in [-0.4, -0.2) is 20.5 Å². The number of rotatable bonds is 2. The van der Waals surface area contributed by atoms with Gasteiger partial charge in [0.25, 0.3) is 5.56 Å². The van der Waals surface area contributed by atoms with Crippen molar-refractivity contribution in [3.63, 3.8) is 0 Å². The predicted octanol–water partition coefficient (Wildman–Crippen LogP) is -0.0962. The van der Waals surface area contributed by atoms with Crippen LogP contribution in [0.4, 0.5) is 5.69 Å². The van der Waals surface area contributed by atoms with E-state index in [1.807, 2.05) is 0 Å². The van der Waals surface area contributed by atoms with Crippen LogP contribution in [-0.2, 0) is 11.2 Å². The number of anilines is 1. The van der Waals surface area contributed by atoms with Crippen molar-refractivity contribution in [2.24, 2.45) is 0 Å². The second-order valence-electron chi connectivity index (χ2n) is 3.35. The summed E-state index contributed by atoms with van der Waals surface area (Å²) >= 11 is 0. The number of hydrogen-bond donors (Lipinski definition) is 2. The maximum absolute atomic E-state index is 11.8. The standard InChI is InChI=1S/C10H9N3O3/c11-7-1-2-8-12-4-6(3-9(14)15)10(16)13(8)5-7/h1-2,4-5H,3,11H2,(H,14,15). The summed E-state index contributed by atoms with van der Waals surface area (Å²) in [7, 11) is 0. The van der Waals surface area contributed by atoms with E-state index < -0.39 is 11.5 Å². The maximum atomic E-state index is 11.8. The molecule has 3 N–H and O–H groups in total. The number of pyridine rings is 1. The first-order valence-electron chi connectivity index (χ1n) is 4.55. The average Bonchev–Trinajstić information content (AvgIpc) is 2.22. The quantitative estimate of drug-likeness (QED) is 0.735. The fourth-order valence-electron chi connectivity index (χ4n) is 1.42. The lowest BCUT2D eigenvalue weighted by atomic mass is 10.2. The highest BCUT2D eigenvalue weighted by Crippen LogP contribution is 2.04. The highest BCUT2D eigenvalue weighted by molar-refractivity contribution is 5.70. The Balaban J connectivity index is 2.68. The lowest BCUT2D eigenvalue weighted by molar-refractivity contribution is -0.136. The number of fused-ring (bicyclic) bond motifs is 1. The van der Waals surface area contributed by atoms with Crippen molar-refractivity contribution in [2.75, 3.05) is 5.73 Å². The highest BCUT2D eigenvalue weighted by atomic mass is 16.4. The minimum atomic E-state index is -1.07. The molecule has 0 aliphatic heterocycles. The molecule has 0 bridgehead atoms. The molecule has 0 unspecified atom stereocenters. The number of aromatic nitrogens is 2. The third kappa shape index (κ3) is 1.72. The molecule has 82 valence electrons. The number of aliphatic carboxylic acids is 1. The lowest BCUT2D eigenvalue weighted by Gasteiger charge is -2.03. The smallest absolute Gasteiger partial charge is 0.308 e. The Labute approximate surface area is 90.0 Å². The van der Waals surface area contributed by atoms with Crippen molar-refractivity contribution >= 4 is 17.3 Å². The molecule has 0 fully saturated rings. The van der Waals surface area contributed by atoms with Crippen molar-refractivity contribution in [1.82, 2.24) is 9.38 Å². The molecule has 0 atom stereocenters. The first-order chi connectivity index (χ1) is 7.58. The zero-order valence-corrected chi connectivity index (χ0v) is 8.25. The number of carboxylic acids is 1. The SMILES string of the molecule is Nc1ccc2ncc(CC(=O)O)c(=O)n2c1. The minimum Gasteiger partial charge on any atom is -0.481 e. The second kappa shape index (κ2) is 3.65. The van der Waals surface area contributed by atoms with Crippen LogP contribution in [0.3, 0.4) is 0 Å². The average molecular weight is 219 g/mol. The third-order valence-corrected chi connectivity index (χ3v) is 2.14. The van der Waals surface area contributed by atoms with E-state index in [0.29, 0.717) is 11.3 Å². The van der Waals surface area contributed by atoms with E-state index in [4.69, 9.17) is 10.8 Å². The van der Waals surface area contributed by atoms with Gasteiger partial charge < -0.3 is 10.8 Å². The summed E-state index contributed by atoms with van der Waals surface area (Å²) in [5, 5.41) is 8.62. The molecule has 0 saturated heterocycles. The van der Waals surface area contributed by atoms with Crippen LogP contribution >= 0.6 is 0 Å². The fraction of sp³-hybridized carbons (Fsp3) is 0.100. The molecule has 0 aliphatic rings. The van der Waals surface area contributed by atoms with E-state index in [0.717, 1.165) is 0 Å². The van der Waals surface area contributed by atoms with Crippen molar-refractivity contribution in [1.29, 1.82) is 0 Å². The van der Waals surface area contributed by atoms with Gasteiger partial charge in [-0.25, -0.2) is 4.98 Å². The summed E-state index contributed by atoms with van der Waals surface area (Å²) in [5.41, 5.74) is 6.13. The molecule has 2 aromatic heterocycles. The lowest BCUT2D eigenvalue weighted by Crippen LogP contribution is -2.21. The van der Waals surface area contributed by atoms with Gasteiger partial charge in [-0.2, -0.15) is 0 Å². The Morgan fingerprint density at radius 1 is 1.50 bits per heavy atom. The summed E-state index contributed by atoms with van der Waals surface area (Å²) in [6, 6.07) is 3.22. The van der Waals surface area contributed by atoms with E-state index in [1.54, 1.807) is 12.1 Å². The molecule has 6 nitrogen and oxygen atoms in total. The Morgan fingerprint density at radius 3 is 2.94 bits per heavy atom. The summed E-state index contributed by atoms with van der Waals surface area (Å²) in [4.78, 5) is 26.3. The normalized spacial score (nSPS) is 10.5. The summed E-state index contributed by atoms with van der Waals surface area (Å²) < 4.78 is 1.24. The third-order valence-electron chi connectivity index (χ3n) is 2.14. The van der Waals surface area contributed by atoms with E-state index in [-0.39, 0.29) is 12.0 Å². The number of nitrogens with two attached hydrogens (primary N) is 1. The van der Waals surface area contributed by atoms with Gasteiger partial charge in [0, 0.05) is 23.6 Å². The van der Waals surface area contributed by atoms with Gasteiger partial charge in [0.15, 0.2) is 0 Å². The number of nitrogen functional groups attached to an aromatic ring is 1. The minimum absolute atomic E-state index is 0.135. The molecule has 2 aromatic rings. The van der Waals surface area contributed by atoms with Crippen LogP contribution < -0.4 is 11.3 Å². The van der Waals surface area contributed by atoms with Crippen LogP contribution in [0.15, 0.2) is 29.3 Å². The first-order valence-corrected chi connectivity index (χ1v) is 4.55. The van der Waals surface area contributed by atoms with Crippen molar-refractivity contribution in [2.45, 2.75) is 6.42 Å². The van der Waals surface area contributed by atoms with Crippen LogP contribution in [0.5, 0.6) is 0 Å². The topological polar surface area (TPSA) is 97.7 Å². The van der Waals surface area contributed by atoms with E-state index in [9.17, 15) is 9.59 Å². The Morgan fingerprint density at radius 2 is 2.25 bits per heavy atom. The first kappa shape index (κ1) is 10.2. The molecule has 0 amide bonds. The number of nitrogens with zero attached hydrogens (tertiary/aromatic N) is 2. The molecule has 0 radical (unpaired) electrons. The number of hydrogen-bond acceptors (Lipinski definition) is 4. The van der Waals surface area contributed by atoms with Gasteiger partial charge >= 0.3 is 5.97 Å². The molecule has 0 saturated carbocycles. The van der Waals surface area contributed by atoms with Crippen molar-refractivity contribution in [3.05, 3.63) is 40.4 Å². The maximum Gasteiger partial charge on any atom is 0.308 e. The number of carboxylic acid groups (broad SMARTS) is 1. The Hall–Kier alpha value is -2.37. The van der Waals surface area contributed by atoms with Gasteiger partial charge in [-0.05, 0) is 12.1 Å². The van der Waals surface area contributed by atoms with Crippen LogP contribution in [0.2, 0.25) is 0 Å². The number of carbonyl (C=O) groups is 1. The van der Waals surface area contributed by atoms with Gasteiger partial charge in [-0.15, -0.1) is 0 Å². The zero-order chi connectivity index (χ0) is 11.7. The zero-order valence-electron chi connectivity index (χ0n) is 8.25. The van der Waals surface area contributed by atoms with Crippen molar-refractivity contribution in [3.8, 4) is 0 Å². The van der Waals surface area contributed by atoms with Gasteiger partial charge in [0.2, 0.25) is 0 Å². The Kier molecular flexibility index (Phi) is 2.32. The highest BCUT2D eigenvalue weighted by Gasteiger charge is 2.08. The molecule has 2 heterocycles. The Bertz CT molecular complexity index is 618. The fourth-order valence-corrected chi connectivity index (χ4v) is 1.42. The second-order valence-corrected chi connectivity index (χ2v) is 3.35. The monoisotopic (exact) mass is 219 g/mol. The summed E-state index contributed by atoms with van der Waals surface area (Å²) in [5.74, 6) is -1.07. The van der Waals surface area contributed by atoms with Crippen LogP contribution in [0.25, 0.3) is 5.65 Å². The molecular weight excluding hydrogens is 210 g/mol. The molecule has 16 heavy (non-hydrogen) atoms. The van der Waals surface area contributed by atoms with Crippen LogP contribution in [0, 0.1) is 0 Å². The van der Waals surface area contributed by atoms with E-state index in [1.165, 1.54) is 16.8 Å². The van der Waals surface area contributed by atoms with Gasteiger partial charge in [-0.1, -0.05) is 0 Å². The molecule has 0 aliphatic carbocycles. The summed E-state index contributed by atoms with van der Waals surface area (Å²) in [6.07, 6.45) is 2.36. The van der Waals surface area contributed by atoms with Gasteiger partial charge in [0.1, 0.15) is 5.65 Å². The van der Waals surface area contributed by atoms with Crippen molar-refractivity contribution < 1.29 is 9.90 Å². The van der Waals surface area contributed by atoms with E-state index >= 15 is 0 Å². The molecule has 0 spiro atoms. The molecular formula is C10H9N3O3. The van der Waals surface area contributed by atoms with Gasteiger partial charge in [0.05, 0.1) is 6.42 Å². The van der Waals surface area contributed by atoms with E-state index in [2.05, 4.69) is 4.98 Å². The predicted molar refractivity (Wildman–Crippen MR) is 57.2 cm³/mol. The van der Waals surface area contributed by atoms with Crippen LogP contribution in [0.1, 0.15) is 5.56 Å².